The Kier molecular flexibility index (Phi) is 4.40. The SMILES string of the molecule is CCc1nn(C)c(COc2ccc(C#N)c(F)c2)c1Br. The average molecular weight is 338 g/mol. The molecule has 1 aromatic carbocycles. The third-order valence-electron chi connectivity index (χ3n) is 2.94. The lowest BCUT2D eigenvalue weighted by atomic mass is 10.2. The molecule has 0 fully saturated rings. The van der Waals surface area contributed by atoms with Crippen LogP contribution in [-0.4, -0.2) is 9.78 Å². The Balaban J connectivity index is 2.15. The number of benzene rings is 1. The van der Waals surface area contributed by atoms with E-state index in [-0.39, 0.29) is 12.2 Å². The van der Waals surface area contributed by atoms with Gasteiger partial charge in [-0.1, -0.05) is 6.92 Å². The highest BCUT2D eigenvalue weighted by atomic mass is 79.9. The number of hydrogen-bond acceptors (Lipinski definition) is 3. The van der Waals surface area contributed by atoms with E-state index in [0.717, 1.165) is 22.3 Å². The second-order valence-electron chi connectivity index (χ2n) is 4.23. The molecule has 2 rings (SSSR count). The summed E-state index contributed by atoms with van der Waals surface area (Å²) in [4.78, 5) is 0. The van der Waals surface area contributed by atoms with E-state index in [1.807, 2.05) is 14.0 Å². The van der Waals surface area contributed by atoms with Crippen LogP contribution in [0, 0.1) is 17.1 Å². The van der Waals surface area contributed by atoms with Crippen LogP contribution in [0.2, 0.25) is 0 Å². The summed E-state index contributed by atoms with van der Waals surface area (Å²) in [5.74, 6) is -0.198. The fraction of sp³-hybridized carbons (Fsp3) is 0.286. The Labute approximate surface area is 124 Å². The van der Waals surface area contributed by atoms with Gasteiger partial charge < -0.3 is 4.74 Å². The quantitative estimate of drug-likeness (QED) is 0.859. The highest BCUT2D eigenvalue weighted by Gasteiger charge is 2.13. The summed E-state index contributed by atoms with van der Waals surface area (Å²) in [5.41, 5.74) is 1.84. The highest BCUT2D eigenvalue weighted by Crippen LogP contribution is 2.24. The predicted molar refractivity (Wildman–Crippen MR) is 75.7 cm³/mol. The monoisotopic (exact) mass is 337 g/mol. The molecule has 4 nitrogen and oxygen atoms in total. The number of halogens is 2. The van der Waals surface area contributed by atoms with Crippen LogP contribution in [0.5, 0.6) is 5.75 Å². The Bertz CT molecular complexity index is 676. The minimum absolute atomic E-state index is 0.00679. The van der Waals surface area contributed by atoms with E-state index < -0.39 is 5.82 Å². The predicted octanol–water partition coefficient (Wildman–Crippen LogP) is 3.33. The molecule has 0 atom stereocenters. The van der Waals surface area contributed by atoms with Crippen molar-refractivity contribution < 1.29 is 9.13 Å². The first-order chi connectivity index (χ1) is 9.56. The molecule has 0 saturated carbocycles. The van der Waals surface area contributed by atoms with E-state index >= 15 is 0 Å². The maximum absolute atomic E-state index is 13.5. The third kappa shape index (κ3) is 2.83. The van der Waals surface area contributed by atoms with Crippen LogP contribution >= 0.6 is 15.9 Å². The first-order valence-corrected chi connectivity index (χ1v) is 6.88. The molecule has 0 bridgehead atoms. The highest BCUT2D eigenvalue weighted by molar-refractivity contribution is 9.10. The first kappa shape index (κ1) is 14.5. The zero-order valence-corrected chi connectivity index (χ0v) is 12.7. The van der Waals surface area contributed by atoms with Crippen LogP contribution in [0.15, 0.2) is 22.7 Å². The lowest BCUT2D eigenvalue weighted by Gasteiger charge is -2.07. The number of aryl methyl sites for hydroxylation is 2. The molecule has 20 heavy (non-hydrogen) atoms. The van der Waals surface area contributed by atoms with Crippen molar-refractivity contribution in [1.29, 1.82) is 5.26 Å². The largest absolute Gasteiger partial charge is 0.487 e. The van der Waals surface area contributed by atoms with Crippen LogP contribution in [0.1, 0.15) is 23.9 Å². The van der Waals surface area contributed by atoms with Crippen molar-refractivity contribution in [2.45, 2.75) is 20.0 Å². The third-order valence-corrected chi connectivity index (χ3v) is 3.85. The van der Waals surface area contributed by atoms with Gasteiger partial charge in [0.2, 0.25) is 0 Å². The summed E-state index contributed by atoms with van der Waals surface area (Å²) < 4.78 is 21.7. The van der Waals surface area contributed by atoms with E-state index in [0.29, 0.717) is 5.75 Å². The molecule has 0 saturated heterocycles. The fourth-order valence-corrected chi connectivity index (χ4v) is 2.54. The molecule has 104 valence electrons. The van der Waals surface area contributed by atoms with Gasteiger partial charge >= 0.3 is 0 Å². The van der Waals surface area contributed by atoms with E-state index in [9.17, 15) is 4.39 Å². The molecular formula is C14H13BrFN3O. The van der Waals surface area contributed by atoms with Crippen molar-refractivity contribution in [3.63, 3.8) is 0 Å². The number of nitrogens with zero attached hydrogens (tertiary/aromatic N) is 3. The van der Waals surface area contributed by atoms with E-state index in [1.165, 1.54) is 12.1 Å². The van der Waals surface area contributed by atoms with Crippen molar-refractivity contribution >= 4 is 15.9 Å². The van der Waals surface area contributed by atoms with Crippen molar-refractivity contribution in [3.8, 4) is 11.8 Å². The molecule has 0 aliphatic rings. The second kappa shape index (κ2) is 6.06. The molecule has 0 spiro atoms. The van der Waals surface area contributed by atoms with Gasteiger partial charge in [0.25, 0.3) is 0 Å². The Morgan fingerprint density at radius 3 is 2.80 bits per heavy atom. The fourth-order valence-electron chi connectivity index (χ4n) is 1.80. The van der Waals surface area contributed by atoms with Crippen molar-refractivity contribution in [1.82, 2.24) is 9.78 Å². The van der Waals surface area contributed by atoms with Gasteiger partial charge in [-0.25, -0.2) is 4.39 Å². The summed E-state index contributed by atoms with van der Waals surface area (Å²) in [6.45, 7) is 2.29. The zero-order valence-electron chi connectivity index (χ0n) is 11.2. The van der Waals surface area contributed by atoms with Gasteiger partial charge in [-0.2, -0.15) is 10.4 Å². The molecule has 6 heteroatoms. The van der Waals surface area contributed by atoms with E-state index in [1.54, 1.807) is 16.8 Å². The summed E-state index contributed by atoms with van der Waals surface area (Å²) in [5, 5.41) is 13.0. The summed E-state index contributed by atoms with van der Waals surface area (Å²) >= 11 is 3.49. The lowest BCUT2D eigenvalue weighted by molar-refractivity contribution is 0.292. The number of ether oxygens (including phenoxy) is 1. The smallest absolute Gasteiger partial charge is 0.144 e. The standard InChI is InChI=1S/C14H13BrFN3O/c1-3-12-14(15)13(19(2)18-12)8-20-10-5-4-9(7-17)11(16)6-10/h4-6H,3,8H2,1-2H3. The van der Waals surface area contributed by atoms with Gasteiger partial charge in [0.05, 0.1) is 21.4 Å². The maximum atomic E-state index is 13.5. The zero-order chi connectivity index (χ0) is 14.7. The van der Waals surface area contributed by atoms with Crippen LogP contribution in [0.25, 0.3) is 0 Å². The molecule has 0 unspecified atom stereocenters. The molecule has 0 aliphatic heterocycles. The minimum Gasteiger partial charge on any atom is -0.487 e. The molecule has 0 N–H and O–H groups in total. The molecular weight excluding hydrogens is 325 g/mol. The normalized spacial score (nSPS) is 10.3. The molecule has 0 aliphatic carbocycles. The number of nitriles is 1. The molecule has 1 aromatic heterocycles. The molecule has 2 aromatic rings. The molecule has 0 amide bonds. The van der Waals surface area contributed by atoms with Crippen LogP contribution in [0.3, 0.4) is 0 Å². The van der Waals surface area contributed by atoms with Crippen LogP contribution in [-0.2, 0) is 20.1 Å². The topological polar surface area (TPSA) is 50.8 Å². The minimum atomic E-state index is -0.580. The number of rotatable bonds is 4. The van der Waals surface area contributed by atoms with Crippen molar-refractivity contribution in [3.05, 3.63) is 45.4 Å². The van der Waals surface area contributed by atoms with Crippen LogP contribution in [0.4, 0.5) is 4.39 Å². The second-order valence-corrected chi connectivity index (χ2v) is 5.02. The molecule has 1 heterocycles. The number of hydrogen-bond donors (Lipinski definition) is 0. The Hall–Kier alpha value is -1.87. The number of aromatic nitrogens is 2. The van der Waals surface area contributed by atoms with Crippen molar-refractivity contribution in [2.24, 2.45) is 7.05 Å². The van der Waals surface area contributed by atoms with Crippen molar-refractivity contribution in [2.75, 3.05) is 0 Å². The van der Waals surface area contributed by atoms with Gasteiger partial charge in [-0.15, -0.1) is 0 Å². The van der Waals surface area contributed by atoms with E-state index in [4.69, 9.17) is 10.00 Å². The van der Waals surface area contributed by atoms with Gasteiger partial charge in [0, 0.05) is 13.1 Å². The summed E-state index contributed by atoms with van der Waals surface area (Å²) in [6, 6.07) is 5.96. The van der Waals surface area contributed by atoms with Gasteiger partial charge in [0.15, 0.2) is 0 Å². The van der Waals surface area contributed by atoms with Crippen LogP contribution < -0.4 is 4.74 Å². The van der Waals surface area contributed by atoms with Gasteiger partial charge in [0.1, 0.15) is 24.2 Å². The molecule has 0 radical (unpaired) electrons. The Morgan fingerprint density at radius 1 is 1.50 bits per heavy atom. The maximum Gasteiger partial charge on any atom is 0.144 e. The van der Waals surface area contributed by atoms with E-state index in [2.05, 4.69) is 21.0 Å². The van der Waals surface area contributed by atoms with Gasteiger partial charge in [-0.05, 0) is 34.5 Å². The average Bonchev–Trinajstić information content (AvgIpc) is 2.71. The lowest BCUT2D eigenvalue weighted by Crippen LogP contribution is -2.04. The summed E-state index contributed by atoms with van der Waals surface area (Å²) in [7, 11) is 1.84. The Morgan fingerprint density at radius 2 is 2.25 bits per heavy atom. The summed E-state index contributed by atoms with van der Waals surface area (Å²) in [6.07, 6.45) is 0.819. The first-order valence-electron chi connectivity index (χ1n) is 6.09. The van der Waals surface area contributed by atoms with Gasteiger partial charge in [-0.3, -0.25) is 4.68 Å².